The quantitative estimate of drug-likeness (QED) is 0.277. The van der Waals surface area contributed by atoms with E-state index >= 15 is 0 Å². The van der Waals surface area contributed by atoms with E-state index in [2.05, 4.69) is 0 Å². The average molecular weight is 566 g/mol. The molecule has 1 atom stereocenters. The van der Waals surface area contributed by atoms with Crippen molar-refractivity contribution >= 4 is 27.8 Å². The predicted molar refractivity (Wildman–Crippen MR) is 151 cm³/mol. The largest absolute Gasteiger partial charge is 0.491 e. The molecule has 0 aliphatic heterocycles. The summed E-state index contributed by atoms with van der Waals surface area (Å²) in [6.45, 7) is 7.19. The van der Waals surface area contributed by atoms with Crippen LogP contribution in [0.1, 0.15) is 55.2 Å². The molecule has 1 heterocycles. The molecule has 0 spiro atoms. The summed E-state index contributed by atoms with van der Waals surface area (Å²) in [6, 6.07) is 3.06. The number of rotatable bonds is 13. The molecule has 39 heavy (non-hydrogen) atoms. The van der Waals surface area contributed by atoms with Gasteiger partial charge in [0.25, 0.3) is 5.91 Å². The van der Waals surface area contributed by atoms with Gasteiger partial charge in [-0.15, -0.1) is 0 Å². The van der Waals surface area contributed by atoms with Crippen LogP contribution in [0.5, 0.6) is 5.75 Å². The highest BCUT2D eigenvalue weighted by atomic mass is 32.2. The number of halogens is 2. The van der Waals surface area contributed by atoms with Gasteiger partial charge in [-0.25, -0.2) is 8.78 Å². The minimum Gasteiger partial charge on any atom is -0.491 e. The number of benzene rings is 1. The molecule has 214 valence electrons. The van der Waals surface area contributed by atoms with Gasteiger partial charge in [-0.1, -0.05) is 24.8 Å². The first kappa shape index (κ1) is 32.0. The van der Waals surface area contributed by atoms with E-state index in [4.69, 9.17) is 20.3 Å². The predicted octanol–water partition coefficient (Wildman–Crippen LogP) is 4.28. The number of ether oxygens (including phenoxy) is 2. The molecule has 1 aromatic heterocycles. The Kier molecular flexibility index (Phi) is 12.1. The fraction of sp³-hybridized carbons (Fsp3) is 0.481. The van der Waals surface area contributed by atoms with Crippen LogP contribution in [0, 0.1) is 22.5 Å². The van der Waals surface area contributed by atoms with Gasteiger partial charge in [0.05, 0.1) is 23.8 Å². The van der Waals surface area contributed by atoms with Crippen LogP contribution < -0.4 is 15.2 Å². The van der Waals surface area contributed by atoms with Gasteiger partial charge in [-0.2, -0.15) is 0 Å². The normalized spacial score (nSPS) is 11.7. The second kappa shape index (κ2) is 14.8. The topological polar surface area (TPSA) is 112 Å². The minimum absolute atomic E-state index is 0.00774. The number of methoxy groups -OCH3 is 1. The molecule has 0 fully saturated rings. The third kappa shape index (κ3) is 8.12. The lowest BCUT2D eigenvalue weighted by Gasteiger charge is -2.28. The van der Waals surface area contributed by atoms with Crippen molar-refractivity contribution in [3.05, 3.63) is 63.1 Å². The number of hydrogen-bond donors (Lipinski definition) is 2. The van der Waals surface area contributed by atoms with E-state index in [0.29, 0.717) is 37.9 Å². The van der Waals surface area contributed by atoms with Crippen molar-refractivity contribution in [2.75, 3.05) is 45.9 Å². The molecule has 2 N–H and O–H groups in total. The number of amides is 1. The Hall–Kier alpha value is -3.25. The van der Waals surface area contributed by atoms with E-state index in [9.17, 15) is 18.4 Å². The molecule has 9 nitrogen and oxygen atoms in total. The molecule has 0 bridgehead atoms. The summed E-state index contributed by atoms with van der Waals surface area (Å²) in [5.41, 5.74) is -0.644. The van der Waals surface area contributed by atoms with Crippen molar-refractivity contribution in [1.82, 2.24) is 9.58 Å². The second-order valence-electron chi connectivity index (χ2n) is 8.87. The molecule has 0 saturated heterocycles. The van der Waals surface area contributed by atoms with Crippen LogP contribution >= 0.6 is 11.8 Å². The van der Waals surface area contributed by atoms with Crippen molar-refractivity contribution in [2.24, 2.45) is 0 Å². The smallest absolute Gasteiger partial charge is 0.276 e. The number of carbonyl (C=O) groups is 1. The number of nitrogens with one attached hydrogen (secondary N) is 2. The molecule has 0 radical (unpaired) electrons. The van der Waals surface area contributed by atoms with Crippen molar-refractivity contribution in [3.8, 4) is 5.75 Å². The monoisotopic (exact) mass is 565 g/mol. The fourth-order valence-electron chi connectivity index (χ4n) is 3.99. The lowest BCUT2D eigenvalue weighted by Crippen LogP contribution is -2.41. The number of hydrogen-bond acceptors (Lipinski definition) is 8. The van der Waals surface area contributed by atoms with Crippen molar-refractivity contribution in [1.29, 1.82) is 10.8 Å². The van der Waals surface area contributed by atoms with E-state index in [0.717, 1.165) is 18.6 Å². The minimum atomic E-state index is -0.793. The Balaban J connectivity index is 2.39. The molecule has 1 amide bonds. The van der Waals surface area contributed by atoms with Crippen LogP contribution in [0.2, 0.25) is 0 Å². The zero-order valence-corrected chi connectivity index (χ0v) is 24.1. The number of thioether (sulfide) groups is 1. The van der Waals surface area contributed by atoms with Crippen LogP contribution in [0.25, 0.3) is 0 Å². The molecule has 1 aromatic carbocycles. The van der Waals surface area contributed by atoms with Gasteiger partial charge < -0.3 is 19.4 Å². The van der Waals surface area contributed by atoms with Gasteiger partial charge in [-0.3, -0.25) is 25.1 Å². The Morgan fingerprint density at radius 1 is 1.18 bits per heavy atom. The summed E-state index contributed by atoms with van der Waals surface area (Å²) in [5, 5.41) is 17.9. The highest BCUT2D eigenvalue weighted by molar-refractivity contribution is 8.26. The lowest BCUT2D eigenvalue weighted by molar-refractivity contribution is 0.0431. The molecule has 12 heteroatoms. The summed E-state index contributed by atoms with van der Waals surface area (Å²) < 4.78 is 39.8. The van der Waals surface area contributed by atoms with Gasteiger partial charge >= 0.3 is 0 Å². The maximum atomic E-state index is 14.0. The van der Waals surface area contributed by atoms with Crippen LogP contribution in [-0.2, 0) is 11.2 Å². The molecule has 1 unspecified atom stereocenters. The highest BCUT2D eigenvalue weighted by Crippen LogP contribution is 2.22. The van der Waals surface area contributed by atoms with Crippen molar-refractivity contribution < 1.29 is 23.0 Å². The van der Waals surface area contributed by atoms with Gasteiger partial charge in [-0.05, 0) is 38.3 Å². The third-order valence-electron chi connectivity index (χ3n) is 6.07. The first-order valence-corrected chi connectivity index (χ1v) is 13.5. The standard InChI is InChI=1S/C27H37F2N5O4S/c1-7-19(38-9-3)12-13-33(8-2)27(36)23-25(37-6)24(35)20(16-34(23)32(4)5)26(31)39-22(30)14-17-10-11-18(28)15-21(17)29/h10-11,15-16,19,30-31H,7-9,12-14H2,1-6H3. The lowest BCUT2D eigenvalue weighted by atomic mass is 10.1. The van der Waals surface area contributed by atoms with E-state index in [1.807, 2.05) is 20.8 Å². The molecule has 0 aliphatic carbocycles. The number of nitrogens with zero attached hydrogens (tertiary/aromatic N) is 3. The molecule has 0 aliphatic rings. The van der Waals surface area contributed by atoms with Gasteiger partial charge in [0.2, 0.25) is 5.43 Å². The zero-order valence-electron chi connectivity index (χ0n) is 23.3. The zero-order chi connectivity index (χ0) is 29.3. The van der Waals surface area contributed by atoms with E-state index in [-0.39, 0.29) is 45.2 Å². The Morgan fingerprint density at radius 3 is 2.41 bits per heavy atom. The van der Waals surface area contributed by atoms with Crippen molar-refractivity contribution in [3.63, 3.8) is 0 Å². The van der Waals surface area contributed by atoms with E-state index < -0.39 is 23.0 Å². The average Bonchev–Trinajstić information content (AvgIpc) is 2.89. The van der Waals surface area contributed by atoms with E-state index in [1.54, 1.807) is 24.0 Å². The maximum absolute atomic E-state index is 14.0. The summed E-state index contributed by atoms with van der Waals surface area (Å²) in [7, 11) is 4.64. The Labute approximate surface area is 232 Å². The molecular weight excluding hydrogens is 528 g/mol. The first-order chi connectivity index (χ1) is 18.5. The summed E-state index contributed by atoms with van der Waals surface area (Å²) in [4.78, 5) is 28.7. The van der Waals surface area contributed by atoms with Crippen LogP contribution in [0.15, 0.2) is 29.2 Å². The number of pyridine rings is 1. The number of aromatic nitrogens is 1. The second-order valence-corrected chi connectivity index (χ2v) is 9.98. The molecule has 2 rings (SSSR count). The van der Waals surface area contributed by atoms with Crippen molar-refractivity contribution in [2.45, 2.75) is 46.1 Å². The first-order valence-electron chi connectivity index (χ1n) is 12.7. The van der Waals surface area contributed by atoms with Crippen LogP contribution in [-0.4, -0.2) is 72.6 Å². The number of carbonyl (C=O) groups excluding carboxylic acids is 1. The van der Waals surface area contributed by atoms with Gasteiger partial charge in [0, 0.05) is 52.5 Å². The summed E-state index contributed by atoms with van der Waals surface area (Å²) in [6.07, 6.45) is 2.63. The Bertz CT molecular complexity index is 1250. The molecule has 0 saturated carbocycles. The van der Waals surface area contributed by atoms with Crippen LogP contribution in [0.3, 0.4) is 0 Å². The maximum Gasteiger partial charge on any atom is 0.276 e. The third-order valence-corrected chi connectivity index (χ3v) is 6.88. The summed E-state index contributed by atoms with van der Waals surface area (Å²) in [5.74, 6) is -2.15. The van der Waals surface area contributed by atoms with E-state index in [1.165, 1.54) is 24.0 Å². The Morgan fingerprint density at radius 2 is 1.87 bits per heavy atom. The molecule has 2 aromatic rings. The SMILES string of the molecule is CCOC(CC)CCN(CC)C(=O)c1c(OC)c(=O)c(C(=N)SC(=N)Cc2ccc(F)cc2F)cn1N(C)C. The van der Waals surface area contributed by atoms with Gasteiger partial charge in [0.15, 0.2) is 11.4 Å². The van der Waals surface area contributed by atoms with Crippen LogP contribution in [0.4, 0.5) is 8.78 Å². The fourth-order valence-corrected chi connectivity index (χ4v) is 4.72. The summed E-state index contributed by atoms with van der Waals surface area (Å²) >= 11 is 0.667. The van der Waals surface area contributed by atoms with Gasteiger partial charge in [0.1, 0.15) is 16.7 Å². The molecular formula is C27H37F2N5O4S. The highest BCUT2D eigenvalue weighted by Gasteiger charge is 2.29.